The Labute approximate surface area is 116 Å². The first-order valence-corrected chi connectivity index (χ1v) is 7.29. The molecule has 0 unspecified atom stereocenters. The molecular weight excluding hydrogens is 281 g/mol. The lowest BCUT2D eigenvalue weighted by Crippen LogP contribution is -2.15. The van der Waals surface area contributed by atoms with E-state index in [-0.39, 0.29) is 16.4 Å². The molecule has 5 nitrogen and oxygen atoms in total. The van der Waals surface area contributed by atoms with Crippen LogP contribution in [0.3, 0.4) is 0 Å². The van der Waals surface area contributed by atoms with Crippen molar-refractivity contribution in [3.05, 3.63) is 47.4 Å². The van der Waals surface area contributed by atoms with Gasteiger partial charge in [0.25, 0.3) is 10.0 Å². The average Bonchev–Trinajstić information content (AvgIpc) is 2.25. The summed E-state index contributed by atoms with van der Waals surface area (Å²) in [6.07, 6.45) is 0. The van der Waals surface area contributed by atoms with Crippen molar-refractivity contribution in [2.75, 3.05) is 10.5 Å². The number of sulfonamides is 1. The third kappa shape index (κ3) is 3.24. The van der Waals surface area contributed by atoms with Crippen LogP contribution in [0.5, 0.6) is 0 Å². The SMILES string of the molecule is Cc1cc(C)nc(NS(=O)(=O)c2cc(N)cc(F)c2)c1. The number of rotatable bonds is 3. The topological polar surface area (TPSA) is 85.1 Å². The molecule has 0 bridgehead atoms. The second kappa shape index (κ2) is 5.09. The lowest BCUT2D eigenvalue weighted by atomic mass is 10.2. The van der Waals surface area contributed by atoms with Crippen LogP contribution in [0, 0.1) is 19.7 Å². The van der Waals surface area contributed by atoms with Crippen molar-refractivity contribution in [1.82, 2.24) is 4.98 Å². The summed E-state index contributed by atoms with van der Waals surface area (Å²) in [5.41, 5.74) is 7.04. The molecule has 20 heavy (non-hydrogen) atoms. The Morgan fingerprint density at radius 1 is 1.15 bits per heavy atom. The number of nitrogen functional groups attached to an aromatic ring is 1. The van der Waals surface area contributed by atoms with Gasteiger partial charge in [-0.15, -0.1) is 0 Å². The van der Waals surface area contributed by atoms with Crippen LogP contribution in [-0.2, 0) is 10.0 Å². The van der Waals surface area contributed by atoms with Gasteiger partial charge in [-0.05, 0) is 49.7 Å². The molecule has 0 fully saturated rings. The van der Waals surface area contributed by atoms with Crippen LogP contribution in [0.15, 0.2) is 35.2 Å². The molecule has 3 N–H and O–H groups in total. The van der Waals surface area contributed by atoms with E-state index in [0.29, 0.717) is 5.69 Å². The number of halogens is 1. The smallest absolute Gasteiger partial charge is 0.263 e. The summed E-state index contributed by atoms with van der Waals surface area (Å²) in [5.74, 6) is -0.524. The molecule has 1 aromatic carbocycles. The summed E-state index contributed by atoms with van der Waals surface area (Å²) >= 11 is 0. The summed E-state index contributed by atoms with van der Waals surface area (Å²) in [6, 6.07) is 6.55. The van der Waals surface area contributed by atoms with E-state index in [1.165, 1.54) is 6.07 Å². The van der Waals surface area contributed by atoms with Crippen LogP contribution in [0.1, 0.15) is 11.3 Å². The van der Waals surface area contributed by atoms with E-state index < -0.39 is 15.8 Å². The van der Waals surface area contributed by atoms with Gasteiger partial charge >= 0.3 is 0 Å². The second-order valence-electron chi connectivity index (χ2n) is 4.50. The van der Waals surface area contributed by atoms with Gasteiger partial charge in [-0.2, -0.15) is 0 Å². The molecule has 2 aromatic rings. The number of hydrogen-bond donors (Lipinski definition) is 2. The number of nitrogens with one attached hydrogen (secondary N) is 1. The number of anilines is 2. The number of aromatic nitrogens is 1. The highest BCUT2D eigenvalue weighted by atomic mass is 32.2. The molecule has 2 rings (SSSR count). The first-order chi connectivity index (χ1) is 9.26. The molecule has 0 aliphatic heterocycles. The molecule has 1 heterocycles. The summed E-state index contributed by atoms with van der Waals surface area (Å²) in [5, 5.41) is 0. The highest BCUT2D eigenvalue weighted by Crippen LogP contribution is 2.19. The van der Waals surface area contributed by atoms with E-state index >= 15 is 0 Å². The van der Waals surface area contributed by atoms with Crippen LogP contribution in [0.2, 0.25) is 0 Å². The molecule has 106 valence electrons. The zero-order valence-electron chi connectivity index (χ0n) is 11.0. The van der Waals surface area contributed by atoms with Gasteiger partial charge in [0.1, 0.15) is 11.6 Å². The molecule has 1 aromatic heterocycles. The van der Waals surface area contributed by atoms with Crippen LogP contribution in [0.25, 0.3) is 0 Å². The predicted octanol–water partition coefficient (Wildman–Crippen LogP) is 2.22. The molecule has 7 heteroatoms. The number of aryl methyl sites for hydroxylation is 2. The van der Waals surface area contributed by atoms with Crippen molar-refractivity contribution in [3.8, 4) is 0 Å². The third-order valence-electron chi connectivity index (χ3n) is 2.54. The minimum Gasteiger partial charge on any atom is -0.399 e. The fourth-order valence-corrected chi connectivity index (χ4v) is 2.89. The van der Waals surface area contributed by atoms with Crippen molar-refractivity contribution in [2.45, 2.75) is 18.7 Å². The van der Waals surface area contributed by atoms with E-state index in [9.17, 15) is 12.8 Å². The maximum absolute atomic E-state index is 13.2. The van der Waals surface area contributed by atoms with Crippen molar-refractivity contribution >= 4 is 21.5 Å². The maximum Gasteiger partial charge on any atom is 0.263 e. The maximum atomic E-state index is 13.2. The number of nitrogens with zero attached hydrogens (tertiary/aromatic N) is 1. The summed E-state index contributed by atoms with van der Waals surface area (Å²) in [6.45, 7) is 3.58. The summed E-state index contributed by atoms with van der Waals surface area (Å²) < 4.78 is 39.9. The average molecular weight is 295 g/mol. The zero-order chi connectivity index (χ0) is 14.9. The van der Waals surface area contributed by atoms with E-state index in [1.807, 2.05) is 13.0 Å². The minimum atomic E-state index is -3.92. The van der Waals surface area contributed by atoms with Gasteiger partial charge in [-0.3, -0.25) is 4.72 Å². The Morgan fingerprint density at radius 3 is 2.45 bits per heavy atom. The van der Waals surface area contributed by atoms with E-state index in [0.717, 1.165) is 17.7 Å². The Morgan fingerprint density at radius 2 is 1.85 bits per heavy atom. The molecule has 0 saturated carbocycles. The minimum absolute atomic E-state index is 0.0405. The number of pyridine rings is 1. The van der Waals surface area contributed by atoms with Gasteiger partial charge in [0, 0.05) is 11.4 Å². The standard InChI is InChI=1S/C13H14FN3O2S/c1-8-3-9(2)16-13(4-8)17-20(18,19)12-6-10(14)5-11(15)7-12/h3-7H,15H2,1-2H3,(H,16,17). The fraction of sp³-hybridized carbons (Fsp3) is 0.154. The molecule has 0 spiro atoms. The van der Waals surface area contributed by atoms with Gasteiger partial charge in [-0.25, -0.2) is 17.8 Å². The van der Waals surface area contributed by atoms with Gasteiger partial charge in [-0.1, -0.05) is 0 Å². The van der Waals surface area contributed by atoms with Crippen molar-refractivity contribution in [1.29, 1.82) is 0 Å². The van der Waals surface area contributed by atoms with Gasteiger partial charge in [0.15, 0.2) is 0 Å². The molecule has 0 saturated heterocycles. The highest BCUT2D eigenvalue weighted by Gasteiger charge is 2.17. The van der Waals surface area contributed by atoms with E-state index in [4.69, 9.17) is 5.73 Å². The Hall–Kier alpha value is -2.15. The Bertz CT molecular complexity index is 720. The van der Waals surface area contributed by atoms with Gasteiger partial charge in [0.2, 0.25) is 0 Å². The van der Waals surface area contributed by atoms with Crippen LogP contribution in [-0.4, -0.2) is 13.4 Å². The first-order valence-electron chi connectivity index (χ1n) is 5.80. The Balaban J connectivity index is 2.40. The lowest BCUT2D eigenvalue weighted by Gasteiger charge is -2.09. The molecule has 0 aliphatic rings. The first kappa shape index (κ1) is 14.3. The Kier molecular flexibility index (Phi) is 3.63. The zero-order valence-corrected chi connectivity index (χ0v) is 11.8. The quantitative estimate of drug-likeness (QED) is 0.850. The number of nitrogens with two attached hydrogens (primary N) is 1. The predicted molar refractivity (Wildman–Crippen MR) is 75.3 cm³/mol. The van der Waals surface area contributed by atoms with Crippen molar-refractivity contribution < 1.29 is 12.8 Å². The fourth-order valence-electron chi connectivity index (χ4n) is 1.83. The number of hydrogen-bond acceptors (Lipinski definition) is 4. The summed E-state index contributed by atoms with van der Waals surface area (Å²) in [4.78, 5) is 3.83. The van der Waals surface area contributed by atoms with Crippen molar-refractivity contribution in [2.24, 2.45) is 0 Å². The van der Waals surface area contributed by atoms with Crippen LogP contribution < -0.4 is 10.5 Å². The summed E-state index contributed by atoms with van der Waals surface area (Å²) in [7, 11) is -3.92. The third-order valence-corrected chi connectivity index (χ3v) is 3.87. The highest BCUT2D eigenvalue weighted by molar-refractivity contribution is 7.92. The van der Waals surface area contributed by atoms with Gasteiger partial charge < -0.3 is 5.73 Å². The monoisotopic (exact) mass is 295 g/mol. The van der Waals surface area contributed by atoms with Gasteiger partial charge in [0.05, 0.1) is 4.90 Å². The van der Waals surface area contributed by atoms with Crippen LogP contribution >= 0.6 is 0 Å². The van der Waals surface area contributed by atoms with Crippen molar-refractivity contribution in [3.63, 3.8) is 0 Å². The number of benzene rings is 1. The van der Waals surface area contributed by atoms with E-state index in [2.05, 4.69) is 9.71 Å². The van der Waals surface area contributed by atoms with E-state index in [1.54, 1.807) is 13.0 Å². The molecule has 0 radical (unpaired) electrons. The normalized spacial score (nSPS) is 11.3. The molecule has 0 aliphatic carbocycles. The molecule has 0 atom stereocenters. The molecule has 0 amide bonds. The lowest BCUT2D eigenvalue weighted by molar-refractivity contribution is 0.595. The molecular formula is C13H14FN3O2S. The largest absolute Gasteiger partial charge is 0.399 e. The van der Waals surface area contributed by atoms with Crippen LogP contribution in [0.4, 0.5) is 15.9 Å². The second-order valence-corrected chi connectivity index (χ2v) is 6.18.